The molecule has 0 saturated carbocycles. The van der Waals surface area contributed by atoms with Crippen LogP contribution in [-0.2, 0) is 26.1 Å². The number of sulfonamides is 1. The zero-order valence-corrected chi connectivity index (χ0v) is 20.3. The molecule has 10 nitrogen and oxygen atoms in total. The van der Waals surface area contributed by atoms with Crippen LogP contribution in [0.1, 0.15) is 36.7 Å². The van der Waals surface area contributed by atoms with Crippen LogP contribution in [0.5, 0.6) is 17.2 Å². The molecule has 34 heavy (non-hydrogen) atoms. The SMILES string of the molecule is CCN(CC)S(=O)(=O)c1cc(C(=O)OC(C)C(=O)NCc2ccc3c(c2)OCO3)ccc1OC. The molecule has 1 heterocycles. The lowest BCUT2D eigenvalue weighted by molar-refractivity contribution is -0.129. The minimum absolute atomic E-state index is 0.0121. The van der Waals surface area contributed by atoms with Gasteiger partial charge in [-0.25, -0.2) is 13.2 Å². The fourth-order valence-corrected chi connectivity index (χ4v) is 5.01. The molecule has 2 aromatic carbocycles. The van der Waals surface area contributed by atoms with E-state index in [4.69, 9.17) is 18.9 Å². The molecule has 0 saturated heterocycles. The lowest BCUT2D eigenvalue weighted by atomic mass is 10.2. The summed E-state index contributed by atoms with van der Waals surface area (Å²) >= 11 is 0. The zero-order valence-electron chi connectivity index (χ0n) is 19.5. The van der Waals surface area contributed by atoms with Crippen LogP contribution in [0, 0.1) is 0 Å². The van der Waals surface area contributed by atoms with Gasteiger partial charge in [0, 0.05) is 19.6 Å². The molecule has 0 aliphatic carbocycles. The first-order chi connectivity index (χ1) is 16.2. The fourth-order valence-electron chi connectivity index (χ4n) is 3.37. The number of fused-ring (bicyclic) bond motifs is 1. The van der Waals surface area contributed by atoms with Crippen molar-refractivity contribution >= 4 is 21.9 Å². The van der Waals surface area contributed by atoms with Crippen molar-refractivity contribution in [1.82, 2.24) is 9.62 Å². The van der Waals surface area contributed by atoms with E-state index in [-0.39, 0.29) is 42.6 Å². The van der Waals surface area contributed by atoms with Gasteiger partial charge in [0.15, 0.2) is 17.6 Å². The topological polar surface area (TPSA) is 120 Å². The summed E-state index contributed by atoms with van der Waals surface area (Å²) < 4.78 is 48.3. The van der Waals surface area contributed by atoms with E-state index in [1.807, 2.05) is 0 Å². The Labute approximate surface area is 198 Å². The molecule has 0 spiro atoms. The van der Waals surface area contributed by atoms with E-state index in [0.29, 0.717) is 11.5 Å². The number of hydrogen-bond donors (Lipinski definition) is 1. The number of nitrogens with zero attached hydrogens (tertiary/aromatic N) is 1. The highest BCUT2D eigenvalue weighted by atomic mass is 32.2. The van der Waals surface area contributed by atoms with Crippen molar-refractivity contribution in [1.29, 1.82) is 0 Å². The minimum Gasteiger partial charge on any atom is -0.495 e. The maximum absolute atomic E-state index is 13.0. The average Bonchev–Trinajstić information content (AvgIpc) is 3.30. The third-order valence-corrected chi connectivity index (χ3v) is 7.35. The summed E-state index contributed by atoms with van der Waals surface area (Å²) in [5.74, 6) is 0.0123. The second kappa shape index (κ2) is 10.7. The molecule has 1 atom stereocenters. The quantitative estimate of drug-likeness (QED) is 0.502. The summed E-state index contributed by atoms with van der Waals surface area (Å²) in [5, 5.41) is 2.70. The van der Waals surface area contributed by atoms with Crippen molar-refractivity contribution in [3.63, 3.8) is 0 Å². The molecule has 184 valence electrons. The van der Waals surface area contributed by atoms with Gasteiger partial charge in [-0.1, -0.05) is 19.9 Å². The fraction of sp³-hybridized carbons (Fsp3) is 0.391. The van der Waals surface area contributed by atoms with Gasteiger partial charge < -0.3 is 24.3 Å². The molecule has 0 radical (unpaired) electrons. The van der Waals surface area contributed by atoms with Crippen molar-refractivity contribution in [3.05, 3.63) is 47.5 Å². The van der Waals surface area contributed by atoms with E-state index >= 15 is 0 Å². The van der Waals surface area contributed by atoms with Crippen LogP contribution in [0.2, 0.25) is 0 Å². The van der Waals surface area contributed by atoms with Gasteiger partial charge in [-0.2, -0.15) is 4.31 Å². The first-order valence-electron chi connectivity index (χ1n) is 10.8. The number of ether oxygens (including phenoxy) is 4. The van der Waals surface area contributed by atoms with Gasteiger partial charge in [-0.05, 0) is 42.8 Å². The van der Waals surface area contributed by atoms with Crippen LogP contribution in [0.25, 0.3) is 0 Å². The smallest absolute Gasteiger partial charge is 0.338 e. The highest BCUT2D eigenvalue weighted by Crippen LogP contribution is 2.32. The van der Waals surface area contributed by atoms with Gasteiger partial charge >= 0.3 is 5.97 Å². The van der Waals surface area contributed by atoms with E-state index < -0.39 is 28.0 Å². The van der Waals surface area contributed by atoms with Crippen LogP contribution in [0.4, 0.5) is 0 Å². The Morgan fingerprint density at radius 1 is 1.09 bits per heavy atom. The van der Waals surface area contributed by atoms with Crippen LogP contribution in [0.15, 0.2) is 41.3 Å². The Morgan fingerprint density at radius 3 is 2.47 bits per heavy atom. The molecule has 0 bridgehead atoms. The number of esters is 1. The Kier molecular flexibility index (Phi) is 8.00. The highest BCUT2D eigenvalue weighted by molar-refractivity contribution is 7.89. The van der Waals surface area contributed by atoms with E-state index in [9.17, 15) is 18.0 Å². The summed E-state index contributed by atoms with van der Waals surface area (Å²) in [5.41, 5.74) is 0.777. The van der Waals surface area contributed by atoms with E-state index in [1.54, 1.807) is 32.0 Å². The highest BCUT2D eigenvalue weighted by Gasteiger charge is 2.28. The van der Waals surface area contributed by atoms with Crippen LogP contribution >= 0.6 is 0 Å². The molecular formula is C23H28N2O8S. The second-order valence-electron chi connectivity index (χ2n) is 7.41. The standard InChI is InChI=1S/C23H28N2O8S/c1-5-25(6-2)34(28,29)21-12-17(8-10-19(21)30-4)23(27)33-15(3)22(26)24-13-16-7-9-18-20(11-16)32-14-31-18/h7-12,15H,5-6,13-14H2,1-4H3,(H,24,26). The summed E-state index contributed by atoms with van der Waals surface area (Å²) in [6.45, 7) is 5.75. The number of hydrogen-bond acceptors (Lipinski definition) is 8. The predicted octanol–water partition coefficient (Wildman–Crippen LogP) is 2.32. The molecule has 0 fully saturated rings. The van der Waals surface area contributed by atoms with E-state index in [0.717, 1.165) is 5.56 Å². The zero-order chi connectivity index (χ0) is 24.9. The number of amides is 1. The monoisotopic (exact) mass is 492 g/mol. The third-order valence-electron chi connectivity index (χ3n) is 5.28. The Hall–Kier alpha value is -3.31. The molecular weight excluding hydrogens is 464 g/mol. The minimum atomic E-state index is -3.89. The molecule has 11 heteroatoms. The summed E-state index contributed by atoms with van der Waals surface area (Å²) in [6, 6.07) is 9.28. The van der Waals surface area contributed by atoms with Crippen molar-refractivity contribution in [2.75, 3.05) is 27.0 Å². The molecule has 1 N–H and O–H groups in total. The van der Waals surface area contributed by atoms with Crippen LogP contribution in [-0.4, -0.2) is 57.7 Å². The Morgan fingerprint density at radius 2 is 1.79 bits per heavy atom. The average molecular weight is 493 g/mol. The van der Waals surface area contributed by atoms with Crippen LogP contribution < -0.4 is 19.5 Å². The lowest BCUT2D eigenvalue weighted by Crippen LogP contribution is -2.35. The molecule has 1 unspecified atom stereocenters. The third kappa shape index (κ3) is 5.42. The van der Waals surface area contributed by atoms with Crippen LogP contribution in [0.3, 0.4) is 0 Å². The van der Waals surface area contributed by atoms with E-state index in [2.05, 4.69) is 5.32 Å². The van der Waals surface area contributed by atoms with Gasteiger partial charge in [-0.3, -0.25) is 4.79 Å². The van der Waals surface area contributed by atoms with Gasteiger partial charge in [-0.15, -0.1) is 0 Å². The molecule has 0 aromatic heterocycles. The van der Waals surface area contributed by atoms with Crippen molar-refractivity contribution < 1.29 is 37.0 Å². The molecule has 2 aromatic rings. The van der Waals surface area contributed by atoms with Crippen molar-refractivity contribution in [2.45, 2.75) is 38.3 Å². The number of benzene rings is 2. The van der Waals surface area contributed by atoms with Gasteiger partial charge in [0.05, 0.1) is 12.7 Å². The number of methoxy groups -OCH3 is 1. The first kappa shape index (κ1) is 25.3. The molecule has 1 aliphatic rings. The largest absolute Gasteiger partial charge is 0.495 e. The summed E-state index contributed by atoms with van der Waals surface area (Å²) in [7, 11) is -2.54. The number of carbonyl (C=O) groups excluding carboxylic acids is 2. The summed E-state index contributed by atoms with van der Waals surface area (Å²) in [4.78, 5) is 25.0. The molecule has 3 rings (SSSR count). The second-order valence-corrected chi connectivity index (χ2v) is 9.31. The summed E-state index contributed by atoms with van der Waals surface area (Å²) in [6.07, 6.45) is -1.11. The van der Waals surface area contributed by atoms with Gasteiger partial charge in [0.1, 0.15) is 10.6 Å². The van der Waals surface area contributed by atoms with Gasteiger partial charge in [0.25, 0.3) is 5.91 Å². The lowest BCUT2D eigenvalue weighted by Gasteiger charge is -2.20. The maximum atomic E-state index is 13.0. The Balaban J connectivity index is 1.67. The number of rotatable bonds is 10. The van der Waals surface area contributed by atoms with E-state index in [1.165, 1.54) is 36.5 Å². The normalized spacial score (nSPS) is 13.4. The molecule has 1 aliphatic heterocycles. The maximum Gasteiger partial charge on any atom is 0.338 e. The first-order valence-corrected chi connectivity index (χ1v) is 12.2. The number of nitrogens with one attached hydrogen (secondary N) is 1. The predicted molar refractivity (Wildman–Crippen MR) is 122 cm³/mol. The molecule has 1 amide bonds. The Bertz CT molecular complexity index is 1160. The number of carbonyl (C=O) groups is 2. The van der Waals surface area contributed by atoms with Gasteiger partial charge in [0.2, 0.25) is 16.8 Å². The van der Waals surface area contributed by atoms with Crippen molar-refractivity contribution in [3.8, 4) is 17.2 Å². The van der Waals surface area contributed by atoms with Crippen molar-refractivity contribution in [2.24, 2.45) is 0 Å².